The lowest BCUT2D eigenvalue weighted by molar-refractivity contribution is 0.273. The maximum atomic E-state index is 11.8. The number of rotatable bonds is 4. The van der Waals surface area contributed by atoms with E-state index in [1.807, 2.05) is 0 Å². The molecule has 0 amide bonds. The first kappa shape index (κ1) is 14.7. The van der Waals surface area contributed by atoms with Crippen molar-refractivity contribution >= 4 is 31.6 Å². The Morgan fingerprint density at radius 1 is 1.32 bits per heavy atom. The van der Waals surface area contributed by atoms with Crippen LogP contribution in [0.4, 0.5) is 5.82 Å². The van der Waals surface area contributed by atoms with Crippen LogP contribution in [0.1, 0.15) is 0 Å². The molecule has 1 fully saturated rings. The number of pyridine rings is 1. The van der Waals surface area contributed by atoms with Gasteiger partial charge in [0.05, 0.1) is 0 Å². The van der Waals surface area contributed by atoms with Gasteiger partial charge in [-0.2, -0.15) is 0 Å². The molecule has 2 heterocycles. The minimum Gasteiger partial charge on any atom is -0.353 e. The number of sulfone groups is 1. The summed E-state index contributed by atoms with van der Waals surface area (Å²) in [5, 5.41) is 0.963. The molecule has 0 spiro atoms. The van der Waals surface area contributed by atoms with Gasteiger partial charge in [0.2, 0.25) is 0 Å². The molecule has 106 valence electrons. The Kier molecular flexibility index (Phi) is 4.81. The minimum absolute atomic E-state index is 0.323. The zero-order valence-corrected chi connectivity index (χ0v) is 13.3. The third-order valence-corrected chi connectivity index (χ3v) is 4.70. The molecular weight excluding hydrogens is 330 g/mol. The van der Waals surface area contributed by atoms with Crippen molar-refractivity contribution in [3.05, 3.63) is 18.3 Å². The Morgan fingerprint density at radius 2 is 2.00 bits per heavy atom. The largest absolute Gasteiger partial charge is 0.353 e. The van der Waals surface area contributed by atoms with E-state index in [0.717, 1.165) is 38.1 Å². The van der Waals surface area contributed by atoms with Crippen LogP contribution in [0.2, 0.25) is 0 Å². The predicted molar refractivity (Wildman–Crippen MR) is 79.8 cm³/mol. The summed E-state index contributed by atoms with van der Waals surface area (Å²) in [6.45, 7) is 4.52. The second-order valence-corrected chi connectivity index (χ2v) is 7.39. The van der Waals surface area contributed by atoms with Crippen LogP contribution in [0.3, 0.4) is 0 Å². The van der Waals surface area contributed by atoms with Gasteiger partial charge in [0.1, 0.15) is 10.7 Å². The van der Waals surface area contributed by atoms with Gasteiger partial charge < -0.3 is 4.90 Å². The lowest BCUT2D eigenvalue weighted by atomic mass is 10.3. The standard InChI is InChI=1S/C12H18BrN3O2S/c1-19(17,18)11-3-2-5-14-12(11)16-9-7-15(6-4-13)8-10-16/h2-3,5H,4,6-10H2,1H3. The number of hydrogen-bond acceptors (Lipinski definition) is 5. The van der Waals surface area contributed by atoms with Crippen LogP contribution in [-0.2, 0) is 9.84 Å². The molecule has 0 aliphatic carbocycles. The van der Waals surface area contributed by atoms with Gasteiger partial charge in [-0.25, -0.2) is 13.4 Å². The van der Waals surface area contributed by atoms with E-state index in [2.05, 4.69) is 30.7 Å². The molecule has 0 N–H and O–H groups in total. The number of alkyl halides is 1. The molecular formula is C12H18BrN3O2S. The normalized spacial score (nSPS) is 17.7. The van der Waals surface area contributed by atoms with E-state index in [0.29, 0.717) is 10.7 Å². The maximum Gasteiger partial charge on any atom is 0.179 e. The molecule has 0 atom stereocenters. The zero-order valence-electron chi connectivity index (χ0n) is 10.9. The molecule has 0 radical (unpaired) electrons. The molecule has 1 aliphatic rings. The van der Waals surface area contributed by atoms with Crippen molar-refractivity contribution in [3.8, 4) is 0 Å². The van der Waals surface area contributed by atoms with E-state index in [1.54, 1.807) is 18.3 Å². The summed E-state index contributed by atoms with van der Waals surface area (Å²) in [5.74, 6) is 0.587. The molecule has 0 saturated carbocycles. The predicted octanol–water partition coefficient (Wildman–Crippen LogP) is 1.00. The zero-order chi connectivity index (χ0) is 13.9. The monoisotopic (exact) mass is 347 g/mol. The molecule has 2 rings (SSSR count). The highest BCUT2D eigenvalue weighted by atomic mass is 79.9. The topological polar surface area (TPSA) is 53.5 Å². The third-order valence-electron chi connectivity index (χ3n) is 3.22. The van der Waals surface area contributed by atoms with E-state index >= 15 is 0 Å². The van der Waals surface area contributed by atoms with Crippen molar-refractivity contribution in [1.29, 1.82) is 0 Å². The Bertz CT molecular complexity index is 528. The Morgan fingerprint density at radius 3 is 2.58 bits per heavy atom. The van der Waals surface area contributed by atoms with Gasteiger partial charge in [-0.15, -0.1) is 0 Å². The van der Waals surface area contributed by atoms with Crippen LogP contribution in [0.15, 0.2) is 23.2 Å². The highest BCUT2D eigenvalue weighted by Crippen LogP contribution is 2.23. The fraction of sp³-hybridized carbons (Fsp3) is 0.583. The summed E-state index contributed by atoms with van der Waals surface area (Å²) >= 11 is 3.44. The van der Waals surface area contributed by atoms with Crippen molar-refractivity contribution in [2.45, 2.75) is 4.90 Å². The van der Waals surface area contributed by atoms with Crippen molar-refractivity contribution in [3.63, 3.8) is 0 Å². The molecule has 0 bridgehead atoms. The molecule has 0 aromatic carbocycles. The number of halogens is 1. The fourth-order valence-electron chi connectivity index (χ4n) is 2.21. The van der Waals surface area contributed by atoms with E-state index < -0.39 is 9.84 Å². The number of nitrogens with zero attached hydrogens (tertiary/aromatic N) is 3. The summed E-state index contributed by atoms with van der Waals surface area (Å²) in [6, 6.07) is 3.30. The Labute approximate surface area is 122 Å². The summed E-state index contributed by atoms with van der Waals surface area (Å²) < 4.78 is 23.6. The molecule has 1 aliphatic heterocycles. The second-order valence-electron chi connectivity index (χ2n) is 4.61. The summed E-state index contributed by atoms with van der Waals surface area (Å²) in [7, 11) is -3.23. The van der Waals surface area contributed by atoms with E-state index in [9.17, 15) is 8.42 Å². The number of hydrogen-bond donors (Lipinski definition) is 0. The molecule has 1 aromatic rings. The molecule has 19 heavy (non-hydrogen) atoms. The van der Waals surface area contributed by atoms with Gasteiger partial charge in [0, 0.05) is 50.5 Å². The maximum absolute atomic E-state index is 11.8. The number of aromatic nitrogens is 1. The van der Waals surface area contributed by atoms with Gasteiger partial charge in [-0.3, -0.25) is 4.90 Å². The minimum atomic E-state index is -3.23. The molecule has 5 nitrogen and oxygen atoms in total. The average molecular weight is 348 g/mol. The lowest BCUT2D eigenvalue weighted by Crippen LogP contribution is -2.47. The fourth-order valence-corrected chi connectivity index (χ4v) is 3.55. The lowest BCUT2D eigenvalue weighted by Gasteiger charge is -2.35. The average Bonchev–Trinajstić information content (AvgIpc) is 2.39. The second kappa shape index (κ2) is 6.19. The van der Waals surface area contributed by atoms with Gasteiger partial charge in [-0.1, -0.05) is 15.9 Å². The summed E-state index contributed by atoms with van der Waals surface area (Å²) in [5.41, 5.74) is 0. The van der Waals surface area contributed by atoms with Crippen molar-refractivity contribution < 1.29 is 8.42 Å². The Balaban J connectivity index is 2.16. The molecule has 1 saturated heterocycles. The van der Waals surface area contributed by atoms with Crippen molar-refractivity contribution in [2.75, 3.05) is 49.2 Å². The SMILES string of the molecule is CS(=O)(=O)c1cccnc1N1CCN(CCBr)CC1. The van der Waals surface area contributed by atoms with Gasteiger partial charge in [0.15, 0.2) is 9.84 Å². The highest BCUT2D eigenvalue weighted by Gasteiger charge is 2.23. The van der Waals surface area contributed by atoms with Gasteiger partial charge in [0.25, 0.3) is 0 Å². The van der Waals surface area contributed by atoms with Crippen LogP contribution < -0.4 is 4.90 Å². The van der Waals surface area contributed by atoms with Crippen LogP contribution in [0.25, 0.3) is 0 Å². The van der Waals surface area contributed by atoms with Gasteiger partial charge in [-0.05, 0) is 12.1 Å². The first-order valence-electron chi connectivity index (χ1n) is 6.20. The van der Waals surface area contributed by atoms with E-state index in [4.69, 9.17) is 0 Å². The van der Waals surface area contributed by atoms with Crippen molar-refractivity contribution in [2.24, 2.45) is 0 Å². The van der Waals surface area contributed by atoms with E-state index in [-0.39, 0.29) is 0 Å². The van der Waals surface area contributed by atoms with Gasteiger partial charge >= 0.3 is 0 Å². The third kappa shape index (κ3) is 3.67. The van der Waals surface area contributed by atoms with Crippen LogP contribution >= 0.6 is 15.9 Å². The van der Waals surface area contributed by atoms with E-state index in [1.165, 1.54) is 6.26 Å². The van der Waals surface area contributed by atoms with Crippen LogP contribution in [0, 0.1) is 0 Å². The summed E-state index contributed by atoms with van der Waals surface area (Å²) in [6.07, 6.45) is 2.88. The Hall–Kier alpha value is -0.660. The highest BCUT2D eigenvalue weighted by molar-refractivity contribution is 9.09. The first-order valence-corrected chi connectivity index (χ1v) is 9.22. The van der Waals surface area contributed by atoms with Crippen LogP contribution in [0.5, 0.6) is 0 Å². The number of piperazine rings is 1. The first-order chi connectivity index (χ1) is 9.02. The molecule has 7 heteroatoms. The smallest absolute Gasteiger partial charge is 0.179 e. The van der Waals surface area contributed by atoms with Crippen molar-refractivity contribution in [1.82, 2.24) is 9.88 Å². The number of anilines is 1. The quantitative estimate of drug-likeness (QED) is 0.760. The van der Waals surface area contributed by atoms with Crippen LogP contribution in [-0.4, -0.2) is 62.6 Å². The molecule has 0 unspecified atom stereocenters. The summed E-state index contributed by atoms with van der Waals surface area (Å²) in [4.78, 5) is 8.99. The molecule has 1 aromatic heterocycles.